The lowest BCUT2D eigenvalue weighted by molar-refractivity contribution is -0.136. The van der Waals surface area contributed by atoms with Gasteiger partial charge in [-0.25, -0.2) is 0 Å². The highest BCUT2D eigenvalue weighted by Crippen LogP contribution is 2.15. The molecular formula is C10H13NO2. The molecule has 0 radical (unpaired) electrons. The van der Waals surface area contributed by atoms with Crippen LogP contribution in [0.2, 0.25) is 0 Å². The number of carbonyl (C=O) groups is 1. The van der Waals surface area contributed by atoms with E-state index < -0.39 is 5.97 Å². The summed E-state index contributed by atoms with van der Waals surface area (Å²) in [7, 11) is 0. The molecule has 0 saturated carbocycles. The predicted octanol–water partition coefficient (Wildman–Crippen LogP) is 1.33. The molecule has 1 atom stereocenters. The average Bonchev–Trinajstić information content (AvgIpc) is 2.03. The molecule has 0 aliphatic carbocycles. The Balaban J connectivity index is 2.97. The van der Waals surface area contributed by atoms with Crippen molar-refractivity contribution in [3.8, 4) is 0 Å². The fraction of sp³-hybridized carbons (Fsp3) is 0.300. The molecule has 70 valence electrons. The first-order chi connectivity index (χ1) is 6.11. The highest BCUT2D eigenvalue weighted by atomic mass is 16.4. The molecular weight excluding hydrogens is 166 g/mol. The predicted molar refractivity (Wildman–Crippen MR) is 50.4 cm³/mol. The fourth-order valence-corrected chi connectivity index (χ4v) is 1.30. The lowest BCUT2D eigenvalue weighted by Crippen LogP contribution is -2.10. The van der Waals surface area contributed by atoms with Crippen LogP contribution >= 0.6 is 0 Å². The van der Waals surface area contributed by atoms with Crippen molar-refractivity contribution >= 4 is 5.97 Å². The molecule has 0 heterocycles. The SMILES string of the molecule is C[C@H](N)c1ccccc1CC(=O)O. The summed E-state index contributed by atoms with van der Waals surface area (Å²) >= 11 is 0. The molecule has 0 aliphatic heterocycles. The van der Waals surface area contributed by atoms with E-state index in [1.54, 1.807) is 6.07 Å². The molecule has 0 bridgehead atoms. The van der Waals surface area contributed by atoms with Crippen LogP contribution in [0.25, 0.3) is 0 Å². The second kappa shape index (κ2) is 4.05. The zero-order valence-corrected chi connectivity index (χ0v) is 7.53. The van der Waals surface area contributed by atoms with Gasteiger partial charge in [0, 0.05) is 6.04 Å². The molecule has 0 aliphatic rings. The molecule has 0 fully saturated rings. The summed E-state index contributed by atoms with van der Waals surface area (Å²) in [6, 6.07) is 7.24. The van der Waals surface area contributed by atoms with Gasteiger partial charge in [-0.05, 0) is 18.1 Å². The van der Waals surface area contributed by atoms with E-state index in [2.05, 4.69) is 0 Å². The highest BCUT2D eigenvalue weighted by molar-refractivity contribution is 5.70. The zero-order chi connectivity index (χ0) is 9.84. The summed E-state index contributed by atoms with van der Waals surface area (Å²) in [6.45, 7) is 1.85. The third kappa shape index (κ3) is 2.56. The van der Waals surface area contributed by atoms with Crippen molar-refractivity contribution in [2.24, 2.45) is 5.73 Å². The molecule has 0 spiro atoms. The number of nitrogens with two attached hydrogens (primary N) is 1. The topological polar surface area (TPSA) is 63.3 Å². The quantitative estimate of drug-likeness (QED) is 0.735. The number of benzene rings is 1. The summed E-state index contributed by atoms with van der Waals surface area (Å²) in [6.07, 6.45) is 0.0394. The molecule has 0 aromatic heterocycles. The number of aliphatic carboxylic acids is 1. The van der Waals surface area contributed by atoms with Gasteiger partial charge in [0.15, 0.2) is 0 Å². The molecule has 1 rings (SSSR count). The average molecular weight is 179 g/mol. The Kier molecular flexibility index (Phi) is 3.03. The van der Waals surface area contributed by atoms with E-state index in [1.807, 2.05) is 25.1 Å². The Morgan fingerprint density at radius 3 is 2.69 bits per heavy atom. The zero-order valence-electron chi connectivity index (χ0n) is 7.53. The largest absolute Gasteiger partial charge is 0.481 e. The van der Waals surface area contributed by atoms with Gasteiger partial charge in [0.2, 0.25) is 0 Å². The molecule has 3 heteroatoms. The Hall–Kier alpha value is -1.35. The summed E-state index contributed by atoms with van der Waals surface area (Å²) < 4.78 is 0. The van der Waals surface area contributed by atoms with E-state index in [0.29, 0.717) is 0 Å². The standard InChI is InChI=1S/C10H13NO2/c1-7(11)9-5-3-2-4-8(9)6-10(12)13/h2-5,7H,6,11H2,1H3,(H,12,13)/t7-/m0/s1. The molecule has 1 aromatic carbocycles. The maximum atomic E-state index is 10.5. The van der Waals surface area contributed by atoms with Crippen LogP contribution in [0.4, 0.5) is 0 Å². The van der Waals surface area contributed by atoms with Crippen LogP contribution in [-0.4, -0.2) is 11.1 Å². The van der Waals surface area contributed by atoms with E-state index in [-0.39, 0.29) is 12.5 Å². The summed E-state index contributed by atoms with van der Waals surface area (Å²) in [5.74, 6) is -0.826. The van der Waals surface area contributed by atoms with Crippen LogP contribution in [0, 0.1) is 0 Å². The van der Waals surface area contributed by atoms with E-state index in [4.69, 9.17) is 10.8 Å². The molecule has 3 nitrogen and oxygen atoms in total. The van der Waals surface area contributed by atoms with E-state index in [0.717, 1.165) is 11.1 Å². The normalized spacial score (nSPS) is 12.5. The van der Waals surface area contributed by atoms with Crippen LogP contribution < -0.4 is 5.73 Å². The smallest absolute Gasteiger partial charge is 0.307 e. The Labute approximate surface area is 77.2 Å². The molecule has 13 heavy (non-hydrogen) atoms. The van der Waals surface area contributed by atoms with Crippen molar-refractivity contribution < 1.29 is 9.90 Å². The van der Waals surface area contributed by atoms with Gasteiger partial charge in [-0.2, -0.15) is 0 Å². The Bertz CT molecular complexity index is 308. The summed E-state index contributed by atoms with van der Waals surface area (Å²) in [5.41, 5.74) is 7.40. The molecule has 0 unspecified atom stereocenters. The van der Waals surface area contributed by atoms with Gasteiger partial charge >= 0.3 is 5.97 Å². The summed E-state index contributed by atoms with van der Waals surface area (Å²) in [5, 5.41) is 8.63. The monoisotopic (exact) mass is 179 g/mol. The maximum absolute atomic E-state index is 10.5. The number of carboxylic acids is 1. The van der Waals surface area contributed by atoms with Gasteiger partial charge in [0.25, 0.3) is 0 Å². The second-order valence-corrected chi connectivity index (χ2v) is 3.06. The lowest BCUT2D eigenvalue weighted by atomic mass is 10.00. The molecule has 3 N–H and O–H groups in total. The van der Waals surface area contributed by atoms with Crippen LogP contribution in [-0.2, 0) is 11.2 Å². The number of hydrogen-bond donors (Lipinski definition) is 2. The summed E-state index contributed by atoms with van der Waals surface area (Å²) in [4.78, 5) is 10.5. The van der Waals surface area contributed by atoms with E-state index in [9.17, 15) is 4.79 Å². The first-order valence-electron chi connectivity index (χ1n) is 4.16. The number of carboxylic acid groups (broad SMARTS) is 1. The van der Waals surface area contributed by atoms with Crippen molar-refractivity contribution in [3.05, 3.63) is 35.4 Å². The molecule has 0 amide bonds. The Morgan fingerprint density at radius 2 is 2.15 bits per heavy atom. The number of rotatable bonds is 3. The second-order valence-electron chi connectivity index (χ2n) is 3.06. The lowest BCUT2D eigenvalue weighted by Gasteiger charge is -2.10. The van der Waals surface area contributed by atoms with Crippen LogP contribution in [0.3, 0.4) is 0 Å². The minimum atomic E-state index is -0.826. The van der Waals surface area contributed by atoms with Gasteiger partial charge < -0.3 is 10.8 Å². The van der Waals surface area contributed by atoms with Gasteiger partial charge in [0.05, 0.1) is 6.42 Å². The fourth-order valence-electron chi connectivity index (χ4n) is 1.30. The Morgan fingerprint density at radius 1 is 1.54 bits per heavy atom. The van der Waals surface area contributed by atoms with Crippen molar-refractivity contribution in [1.29, 1.82) is 0 Å². The minimum Gasteiger partial charge on any atom is -0.481 e. The number of hydrogen-bond acceptors (Lipinski definition) is 2. The van der Waals surface area contributed by atoms with E-state index >= 15 is 0 Å². The van der Waals surface area contributed by atoms with Crippen LogP contribution in [0.15, 0.2) is 24.3 Å². The first-order valence-corrected chi connectivity index (χ1v) is 4.16. The van der Waals surface area contributed by atoms with Crippen molar-refractivity contribution in [2.45, 2.75) is 19.4 Å². The maximum Gasteiger partial charge on any atom is 0.307 e. The highest BCUT2D eigenvalue weighted by Gasteiger charge is 2.08. The van der Waals surface area contributed by atoms with Gasteiger partial charge in [-0.15, -0.1) is 0 Å². The van der Waals surface area contributed by atoms with E-state index in [1.165, 1.54) is 0 Å². The van der Waals surface area contributed by atoms with Crippen LogP contribution in [0.1, 0.15) is 24.1 Å². The minimum absolute atomic E-state index is 0.0394. The third-order valence-electron chi connectivity index (χ3n) is 1.89. The van der Waals surface area contributed by atoms with Crippen molar-refractivity contribution in [1.82, 2.24) is 0 Å². The van der Waals surface area contributed by atoms with Crippen LogP contribution in [0.5, 0.6) is 0 Å². The third-order valence-corrected chi connectivity index (χ3v) is 1.89. The van der Waals surface area contributed by atoms with Crippen molar-refractivity contribution in [2.75, 3.05) is 0 Å². The first kappa shape index (κ1) is 9.74. The van der Waals surface area contributed by atoms with Gasteiger partial charge in [-0.3, -0.25) is 4.79 Å². The van der Waals surface area contributed by atoms with Gasteiger partial charge in [0.1, 0.15) is 0 Å². The molecule has 1 aromatic rings. The van der Waals surface area contributed by atoms with Crippen molar-refractivity contribution in [3.63, 3.8) is 0 Å². The molecule has 0 saturated heterocycles. The van der Waals surface area contributed by atoms with Gasteiger partial charge in [-0.1, -0.05) is 24.3 Å².